The molecule has 3 atom stereocenters. The van der Waals surface area contributed by atoms with Gasteiger partial charge in [-0.2, -0.15) is 0 Å². The summed E-state index contributed by atoms with van der Waals surface area (Å²) in [6.07, 6.45) is 0.736. The normalized spacial score (nSPS) is 16.8. The number of hydrogen-bond donors (Lipinski definition) is 2. The van der Waals surface area contributed by atoms with E-state index in [4.69, 9.17) is 4.42 Å². The Balaban J connectivity index is 1.71. The van der Waals surface area contributed by atoms with E-state index in [9.17, 15) is 19.2 Å². The van der Waals surface area contributed by atoms with Gasteiger partial charge in [-0.05, 0) is 37.2 Å². The van der Waals surface area contributed by atoms with Crippen LogP contribution in [0, 0.1) is 18.8 Å². The van der Waals surface area contributed by atoms with Gasteiger partial charge in [0, 0.05) is 6.54 Å². The second kappa shape index (κ2) is 12.7. The molecule has 3 rings (SSSR count). The minimum absolute atomic E-state index is 0.173. The monoisotopic (exact) mass is 527 g/mol. The summed E-state index contributed by atoms with van der Waals surface area (Å²) in [6.45, 7) is 9.57. The Kier molecular flexibility index (Phi) is 9.60. The van der Waals surface area contributed by atoms with Gasteiger partial charge in [0.15, 0.2) is 0 Å². The fourth-order valence-electron chi connectivity index (χ4n) is 4.52. The van der Waals surface area contributed by atoms with Crippen molar-refractivity contribution in [3.8, 4) is 0 Å². The number of alkyl carbamates (subject to hydrolysis) is 1. The first-order valence-corrected chi connectivity index (χ1v) is 12.9. The Morgan fingerprint density at radius 3 is 2.42 bits per heavy atom. The van der Waals surface area contributed by atoms with Crippen LogP contribution in [0.4, 0.5) is 4.79 Å². The Morgan fingerprint density at radius 1 is 1.08 bits per heavy atom. The molecule has 0 radical (unpaired) electrons. The molecule has 11 heteroatoms. The van der Waals surface area contributed by atoms with Crippen LogP contribution in [-0.2, 0) is 20.7 Å². The molecule has 0 spiro atoms. The first-order chi connectivity index (χ1) is 18.0. The smallest absolute Gasteiger partial charge is 0.407 e. The third kappa shape index (κ3) is 6.96. The molecule has 11 nitrogen and oxygen atoms in total. The molecule has 3 amide bonds. The minimum Gasteiger partial charge on any atom is -0.453 e. The summed E-state index contributed by atoms with van der Waals surface area (Å²) in [4.78, 5) is 53.1. The molecule has 2 N–H and O–H groups in total. The average Bonchev–Trinajstić information content (AvgIpc) is 3.54. The largest absolute Gasteiger partial charge is 0.453 e. The molecule has 0 aliphatic carbocycles. The van der Waals surface area contributed by atoms with E-state index in [1.165, 1.54) is 12.0 Å². The Hall–Kier alpha value is -3.76. The van der Waals surface area contributed by atoms with Gasteiger partial charge in [0.1, 0.15) is 12.1 Å². The third-order valence-electron chi connectivity index (χ3n) is 6.59. The highest BCUT2D eigenvalue weighted by molar-refractivity contribution is 6.00. The molecular weight excluding hydrogens is 490 g/mol. The third-order valence-corrected chi connectivity index (χ3v) is 6.59. The second-order valence-corrected chi connectivity index (χ2v) is 10.3. The van der Waals surface area contributed by atoms with Crippen LogP contribution in [0.5, 0.6) is 0 Å². The highest BCUT2D eigenvalue weighted by atomic mass is 16.5. The van der Waals surface area contributed by atoms with E-state index in [2.05, 4.69) is 25.6 Å². The van der Waals surface area contributed by atoms with E-state index in [1.807, 2.05) is 31.2 Å². The van der Waals surface area contributed by atoms with Crippen LogP contribution in [0.3, 0.4) is 0 Å². The van der Waals surface area contributed by atoms with Gasteiger partial charge in [0.25, 0.3) is 5.89 Å². The number of nitrogens with zero attached hydrogens (tertiary/aromatic N) is 3. The molecule has 0 bridgehead atoms. The number of likely N-dealkylation sites (tertiary alicyclic amines) is 1. The van der Waals surface area contributed by atoms with Gasteiger partial charge in [0.05, 0.1) is 19.6 Å². The zero-order valence-electron chi connectivity index (χ0n) is 22.8. The van der Waals surface area contributed by atoms with Gasteiger partial charge < -0.3 is 24.7 Å². The minimum atomic E-state index is -0.915. The molecule has 2 aromatic rings. The quantitative estimate of drug-likeness (QED) is 0.449. The summed E-state index contributed by atoms with van der Waals surface area (Å²) in [6, 6.07) is 5.34. The number of ketones is 1. The van der Waals surface area contributed by atoms with Crippen molar-refractivity contribution in [1.29, 1.82) is 0 Å². The number of aryl methyl sites for hydroxylation is 1. The van der Waals surface area contributed by atoms with E-state index >= 15 is 0 Å². The van der Waals surface area contributed by atoms with Crippen LogP contribution in [0.1, 0.15) is 68.2 Å². The molecule has 1 aromatic carbocycles. The summed E-state index contributed by atoms with van der Waals surface area (Å²) in [7, 11) is 1.22. The molecular formula is C27H37N5O6. The number of carbonyl (C=O) groups excluding carboxylic acids is 4. The predicted molar refractivity (Wildman–Crippen MR) is 138 cm³/mol. The van der Waals surface area contributed by atoms with Crippen LogP contribution < -0.4 is 10.6 Å². The lowest BCUT2D eigenvalue weighted by Gasteiger charge is -2.31. The van der Waals surface area contributed by atoms with E-state index in [0.717, 1.165) is 11.1 Å². The highest BCUT2D eigenvalue weighted by Crippen LogP contribution is 2.22. The highest BCUT2D eigenvalue weighted by Gasteiger charge is 2.40. The van der Waals surface area contributed by atoms with Crippen LogP contribution in [0.25, 0.3) is 0 Å². The number of benzene rings is 1. The Labute approximate surface area is 222 Å². The van der Waals surface area contributed by atoms with Gasteiger partial charge in [-0.3, -0.25) is 14.4 Å². The maximum absolute atomic E-state index is 13.3. The number of amides is 3. The molecule has 1 aliphatic heterocycles. The van der Waals surface area contributed by atoms with Crippen molar-refractivity contribution in [1.82, 2.24) is 25.7 Å². The zero-order chi connectivity index (χ0) is 28.0. The molecule has 1 fully saturated rings. The lowest BCUT2D eigenvalue weighted by atomic mass is 9.98. The van der Waals surface area contributed by atoms with Crippen molar-refractivity contribution in [2.45, 2.75) is 72.0 Å². The van der Waals surface area contributed by atoms with Gasteiger partial charge in [-0.15, -0.1) is 10.2 Å². The lowest BCUT2D eigenvalue weighted by molar-refractivity contribution is -0.141. The summed E-state index contributed by atoms with van der Waals surface area (Å²) in [5.41, 5.74) is 2.08. The van der Waals surface area contributed by atoms with E-state index in [1.54, 1.807) is 27.7 Å². The van der Waals surface area contributed by atoms with Crippen LogP contribution in [0.2, 0.25) is 0 Å². The molecule has 1 saturated heterocycles. The van der Waals surface area contributed by atoms with E-state index in [0.29, 0.717) is 31.7 Å². The van der Waals surface area contributed by atoms with Crippen molar-refractivity contribution in [2.24, 2.45) is 11.8 Å². The molecule has 206 valence electrons. The van der Waals surface area contributed by atoms with E-state index in [-0.39, 0.29) is 23.6 Å². The number of rotatable bonds is 10. The number of Topliss-reactive ketones (excluding diaryl/α,β-unsaturated/α-hetero) is 1. The van der Waals surface area contributed by atoms with Crippen molar-refractivity contribution in [3.63, 3.8) is 0 Å². The van der Waals surface area contributed by atoms with Gasteiger partial charge >= 0.3 is 6.09 Å². The number of ether oxygens (including phenoxy) is 1. The van der Waals surface area contributed by atoms with Crippen molar-refractivity contribution >= 4 is 23.7 Å². The number of methoxy groups -OCH3 is 1. The lowest BCUT2D eigenvalue weighted by Crippen LogP contribution is -2.57. The maximum Gasteiger partial charge on any atom is 0.407 e. The molecule has 2 heterocycles. The number of hydrogen-bond acceptors (Lipinski definition) is 8. The first-order valence-electron chi connectivity index (χ1n) is 12.9. The van der Waals surface area contributed by atoms with Gasteiger partial charge in [-0.1, -0.05) is 57.5 Å². The first kappa shape index (κ1) is 28.8. The molecule has 1 aliphatic rings. The second-order valence-electron chi connectivity index (χ2n) is 10.3. The number of carbonyl (C=O) groups is 4. The SMILES string of the molecule is COC(=O)N[C@H](C(=O)N1CCCC1C(=O)N[C@H](C(=O)c1nnc(Cc2cccc(C)c2)o1)C(C)C)C(C)C. The number of aromatic nitrogens is 2. The van der Waals surface area contributed by atoms with Gasteiger partial charge in [0.2, 0.25) is 23.5 Å². The predicted octanol–water partition coefficient (Wildman–Crippen LogP) is 2.66. The van der Waals surface area contributed by atoms with Crippen LogP contribution in [0.15, 0.2) is 28.7 Å². The summed E-state index contributed by atoms with van der Waals surface area (Å²) >= 11 is 0. The van der Waals surface area contributed by atoms with Gasteiger partial charge in [-0.25, -0.2) is 4.79 Å². The molecule has 0 saturated carbocycles. The average molecular weight is 528 g/mol. The maximum atomic E-state index is 13.3. The standard InChI is InChI=1S/C27H37N5O6/c1-15(2)21(23(33)25-31-30-20(38-25)14-18-10-7-9-17(5)13-18)28-24(34)19-11-8-12-32(19)26(35)22(16(3)4)29-27(36)37-6/h7,9-10,13,15-16,19,21-22H,8,11-12,14H2,1-6H3,(H,28,34)(H,29,36)/t19?,21-,22-/m0/s1. The fraction of sp³-hybridized carbons (Fsp3) is 0.556. The number of nitrogens with one attached hydrogen (secondary N) is 2. The summed E-state index contributed by atoms with van der Waals surface area (Å²) < 4.78 is 10.3. The molecule has 1 unspecified atom stereocenters. The topological polar surface area (TPSA) is 144 Å². The Bertz CT molecular complexity index is 1160. The fourth-order valence-corrected chi connectivity index (χ4v) is 4.52. The van der Waals surface area contributed by atoms with Crippen LogP contribution >= 0.6 is 0 Å². The molecule has 1 aromatic heterocycles. The van der Waals surface area contributed by atoms with Crippen molar-refractivity contribution in [2.75, 3.05) is 13.7 Å². The zero-order valence-corrected chi connectivity index (χ0v) is 22.8. The van der Waals surface area contributed by atoms with Crippen molar-refractivity contribution < 1.29 is 28.3 Å². The summed E-state index contributed by atoms with van der Waals surface area (Å²) in [5.74, 6) is -1.65. The summed E-state index contributed by atoms with van der Waals surface area (Å²) in [5, 5.41) is 13.3. The molecule has 38 heavy (non-hydrogen) atoms. The van der Waals surface area contributed by atoms with Crippen molar-refractivity contribution in [3.05, 3.63) is 47.2 Å². The Morgan fingerprint density at radius 2 is 1.79 bits per heavy atom. The van der Waals surface area contributed by atoms with Crippen LogP contribution in [-0.4, -0.2) is 70.6 Å². The van der Waals surface area contributed by atoms with E-state index < -0.39 is 35.9 Å².